The minimum Gasteiger partial charge on any atom is -0.370 e. The van der Waals surface area contributed by atoms with Gasteiger partial charge in [0.25, 0.3) is 0 Å². The summed E-state index contributed by atoms with van der Waals surface area (Å²) < 4.78 is 0. The first-order chi connectivity index (χ1) is 7.10. The zero-order valence-electron chi connectivity index (χ0n) is 10.7. The van der Waals surface area contributed by atoms with E-state index >= 15 is 0 Å². The van der Waals surface area contributed by atoms with Gasteiger partial charge < -0.3 is 11.1 Å². The van der Waals surface area contributed by atoms with Crippen molar-refractivity contribution in [2.24, 2.45) is 22.6 Å². The molecular formula is C12H27N3. The van der Waals surface area contributed by atoms with Crippen LogP contribution < -0.4 is 11.1 Å². The van der Waals surface area contributed by atoms with E-state index in [4.69, 9.17) is 5.73 Å². The molecule has 3 N–H and O–H groups in total. The van der Waals surface area contributed by atoms with Crippen molar-refractivity contribution >= 4 is 5.96 Å². The molecule has 0 radical (unpaired) electrons. The summed E-state index contributed by atoms with van der Waals surface area (Å²) in [5.41, 5.74) is 5.76. The smallest absolute Gasteiger partial charge is 0.188 e. The van der Waals surface area contributed by atoms with E-state index in [1.54, 1.807) is 0 Å². The molecule has 0 bridgehead atoms. The van der Waals surface area contributed by atoms with Crippen molar-refractivity contribution in [2.45, 2.75) is 47.0 Å². The lowest BCUT2D eigenvalue weighted by atomic mass is 10.0. The summed E-state index contributed by atoms with van der Waals surface area (Å²) in [5.74, 6) is 1.99. The van der Waals surface area contributed by atoms with Crippen LogP contribution in [0.25, 0.3) is 0 Å². The number of aliphatic imine (C=N–C) groups is 1. The first kappa shape index (κ1) is 14.3. The fourth-order valence-electron chi connectivity index (χ4n) is 1.32. The van der Waals surface area contributed by atoms with Gasteiger partial charge in [-0.1, -0.05) is 40.5 Å². The van der Waals surface area contributed by atoms with Gasteiger partial charge in [-0.15, -0.1) is 0 Å². The van der Waals surface area contributed by atoms with Gasteiger partial charge in [-0.2, -0.15) is 0 Å². The van der Waals surface area contributed by atoms with Crippen LogP contribution in [-0.2, 0) is 0 Å². The highest BCUT2D eigenvalue weighted by molar-refractivity contribution is 5.77. The van der Waals surface area contributed by atoms with Crippen molar-refractivity contribution in [3.8, 4) is 0 Å². The van der Waals surface area contributed by atoms with Gasteiger partial charge in [-0.25, -0.2) is 0 Å². The molecule has 0 saturated carbocycles. The lowest BCUT2D eigenvalue weighted by Crippen LogP contribution is -2.33. The van der Waals surface area contributed by atoms with Crippen LogP contribution in [0.5, 0.6) is 0 Å². The molecule has 90 valence electrons. The minimum absolute atomic E-state index is 0.600. The molecule has 0 unspecified atom stereocenters. The first-order valence-corrected chi connectivity index (χ1v) is 6.13. The molecule has 0 fully saturated rings. The molecule has 15 heavy (non-hydrogen) atoms. The summed E-state index contributed by atoms with van der Waals surface area (Å²) in [6.07, 6.45) is 3.50. The first-order valence-electron chi connectivity index (χ1n) is 6.13. The van der Waals surface area contributed by atoms with E-state index < -0.39 is 0 Å². The molecule has 0 amide bonds. The van der Waals surface area contributed by atoms with Crippen LogP contribution in [0, 0.1) is 11.8 Å². The van der Waals surface area contributed by atoms with Crippen LogP contribution >= 0.6 is 0 Å². The molecular weight excluding hydrogens is 186 g/mol. The Morgan fingerprint density at radius 1 is 1.27 bits per heavy atom. The third-order valence-electron chi connectivity index (χ3n) is 2.70. The minimum atomic E-state index is 0.600. The van der Waals surface area contributed by atoms with Gasteiger partial charge in [0.2, 0.25) is 0 Å². The van der Waals surface area contributed by atoms with Crippen LogP contribution in [-0.4, -0.2) is 19.0 Å². The number of nitrogens with zero attached hydrogens (tertiary/aromatic N) is 1. The standard InChI is InChI=1S/C12H27N3/c1-5-11(6-2)9-15-12(13)14-8-7-10(3)4/h10-11H,5-9H2,1-4H3,(H3,13,14,15). The number of nitrogens with two attached hydrogens (primary N) is 1. The van der Waals surface area contributed by atoms with Crippen LogP contribution in [0.2, 0.25) is 0 Å². The molecule has 0 saturated heterocycles. The molecule has 3 heteroatoms. The number of guanidine groups is 1. The maximum Gasteiger partial charge on any atom is 0.188 e. The Bertz CT molecular complexity index is 172. The maximum absolute atomic E-state index is 5.76. The van der Waals surface area contributed by atoms with Gasteiger partial charge in [0.15, 0.2) is 5.96 Å². The number of hydrogen-bond acceptors (Lipinski definition) is 1. The predicted octanol–water partition coefficient (Wildman–Crippen LogP) is 2.37. The van der Waals surface area contributed by atoms with Gasteiger partial charge >= 0.3 is 0 Å². The second-order valence-corrected chi connectivity index (χ2v) is 4.52. The van der Waals surface area contributed by atoms with Crippen molar-refractivity contribution in [2.75, 3.05) is 13.1 Å². The van der Waals surface area contributed by atoms with Crippen molar-refractivity contribution in [1.29, 1.82) is 0 Å². The van der Waals surface area contributed by atoms with Crippen molar-refractivity contribution < 1.29 is 0 Å². The van der Waals surface area contributed by atoms with E-state index in [1.807, 2.05) is 0 Å². The highest BCUT2D eigenvalue weighted by Gasteiger charge is 2.01. The zero-order chi connectivity index (χ0) is 11.7. The molecule has 0 aliphatic rings. The Morgan fingerprint density at radius 2 is 1.87 bits per heavy atom. The Labute approximate surface area is 94.5 Å². The van der Waals surface area contributed by atoms with Crippen LogP contribution in [0.15, 0.2) is 4.99 Å². The van der Waals surface area contributed by atoms with E-state index in [0.29, 0.717) is 17.8 Å². The van der Waals surface area contributed by atoms with Gasteiger partial charge in [0.1, 0.15) is 0 Å². The summed E-state index contributed by atoms with van der Waals surface area (Å²) in [6, 6.07) is 0. The normalized spacial score (nSPS) is 12.5. The summed E-state index contributed by atoms with van der Waals surface area (Å²) in [6.45, 7) is 10.6. The van der Waals surface area contributed by atoms with E-state index in [-0.39, 0.29) is 0 Å². The fraction of sp³-hybridized carbons (Fsp3) is 0.917. The SMILES string of the molecule is CCC(CC)CN=C(N)NCCC(C)C. The Kier molecular flexibility index (Phi) is 8.15. The predicted molar refractivity (Wildman–Crippen MR) is 68.0 cm³/mol. The molecule has 0 aromatic heterocycles. The Balaban J connectivity index is 3.68. The van der Waals surface area contributed by atoms with Crippen LogP contribution in [0.4, 0.5) is 0 Å². The molecule has 0 aromatic carbocycles. The number of nitrogens with one attached hydrogen (secondary N) is 1. The highest BCUT2D eigenvalue weighted by atomic mass is 15.1. The zero-order valence-corrected chi connectivity index (χ0v) is 10.7. The van der Waals surface area contributed by atoms with Gasteiger partial charge in [0.05, 0.1) is 0 Å². The van der Waals surface area contributed by atoms with Crippen molar-refractivity contribution in [3.63, 3.8) is 0 Å². The topological polar surface area (TPSA) is 50.4 Å². The molecule has 0 heterocycles. The Morgan fingerprint density at radius 3 is 2.33 bits per heavy atom. The third kappa shape index (κ3) is 8.28. The molecule has 0 aromatic rings. The third-order valence-corrected chi connectivity index (χ3v) is 2.70. The second kappa shape index (κ2) is 8.57. The fourth-order valence-corrected chi connectivity index (χ4v) is 1.32. The molecule has 0 aliphatic heterocycles. The maximum atomic E-state index is 5.76. The lowest BCUT2D eigenvalue weighted by Gasteiger charge is -2.10. The van der Waals surface area contributed by atoms with Crippen molar-refractivity contribution in [3.05, 3.63) is 0 Å². The van der Waals surface area contributed by atoms with Gasteiger partial charge in [-0.05, 0) is 18.3 Å². The van der Waals surface area contributed by atoms with E-state index in [2.05, 4.69) is 38.0 Å². The molecule has 0 rings (SSSR count). The molecule has 0 spiro atoms. The average Bonchev–Trinajstić information content (AvgIpc) is 2.18. The molecule has 0 aliphatic carbocycles. The molecule has 0 atom stereocenters. The van der Waals surface area contributed by atoms with Crippen molar-refractivity contribution in [1.82, 2.24) is 5.32 Å². The van der Waals surface area contributed by atoms with Gasteiger partial charge in [-0.3, -0.25) is 4.99 Å². The highest BCUT2D eigenvalue weighted by Crippen LogP contribution is 2.06. The monoisotopic (exact) mass is 213 g/mol. The Hall–Kier alpha value is -0.730. The van der Waals surface area contributed by atoms with Crippen LogP contribution in [0.1, 0.15) is 47.0 Å². The number of rotatable bonds is 7. The van der Waals surface area contributed by atoms with E-state index in [0.717, 1.165) is 19.5 Å². The summed E-state index contributed by atoms with van der Waals surface area (Å²) in [7, 11) is 0. The number of hydrogen-bond donors (Lipinski definition) is 2. The quantitative estimate of drug-likeness (QED) is 0.504. The summed E-state index contributed by atoms with van der Waals surface area (Å²) in [4.78, 5) is 4.35. The van der Waals surface area contributed by atoms with E-state index in [9.17, 15) is 0 Å². The van der Waals surface area contributed by atoms with Crippen LogP contribution in [0.3, 0.4) is 0 Å². The van der Waals surface area contributed by atoms with Gasteiger partial charge in [0, 0.05) is 13.1 Å². The molecule has 3 nitrogen and oxygen atoms in total. The largest absolute Gasteiger partial charge is 0.370 e. The second-order valence-electron chi connectivity index (χ2n) is 4.52. The van der Waals surface area contributed by atoms with E-state index in [1.165, 1.54) is 12.8 Å². The summed E-state index contributed by atoms with van der Waals surface area (Å²) >= 11 is 0. The lowest BCUT2D eigenvalue weighted by molar-refractivity contribution is 0.504. The summed E-state index contributed by atoms with van der Waals surface area (Å²) in [5, 5.41) is 3.15. The average molecular weight is 213 g/mol.